The SMILES string of the molecule is NC(=O)c1cc(Nc2nc(N3C[C@H](F)C[C@H]3C(=O)O)nc3cccn23)n[nH]1. The number of primary amides is 1. The second-order valence-electron chi connectivity index (χ2n) is 6.08. The molecule has 5 N–H and O–H groups in total. The standard InChI is InChI=1S/C15H15FN8O3/c16-7-4-9(13(26)27)24(6-7)15-19-11-2-1-3-23(11)14(20-15)18-10-5-8(12(17)25)21-22-10/h1-3,5,7,9H,4,6H2,(H2,17,25)(H,26,27)(H2,18,19,20,21,22)/t7-,9+/m1/s1. The fraction of sp³-hybridized carbons (Fsp3) is 0.267. The molecule has 11 nitrogen and oxygen atoms in total. The summed E-state index contributed by atoms with van der Waals surface area (Å²) in [6, 6.07) is 3.80. The zero-order valence-electron chi connectivity index (χ0n) is 13.8. The summed E-state index contributed by atoms with van der Waals surface area (Å²) in [4.78, 5) is 32.6. The van der Waals surface area contributed by atoms with Gasteiger partial charge in [0, 0.05) is 18.7 Å². The molecule has 1 aliphatic heterocycles. The van der Waals surface area contributed by atoms with Gasteiger partial charge in [-0.25, -0.2) is 9.18 Å². The average Bonchev–Trinajstić information content (AvgIpc) is 3.33. The second kappa shape index (κ2) is 6.23. The van der Waals surface area contributed by atoms with Crippen molar-refractivity contribution in [3.63, 3.8) is 0 Å². The number of carbonyl (C=O) groups is 2. The topological polar surface area (TPSA) is 155 Å². The molecule has 1 saturated heterocycles. The maximum atomic E-state index is 13.8. The number of H-pyrrole nitrogens is 1. The van der Waals surface area contributed by atoms with E-state index in [0.29, 0.717) is 5.65 Å². The zero-order chi connectivity index (χ0) is 19.1. The van der Waals surface area contributed by atoms with Gasteiger partial charge in [-0.2, -0.15) is 15.1 Å². The molecule has 27 heavy (non-hydrogen) atoms. The molecule has 0 bridgehead atoms. The third-order valence-corrected chi connectivity index (χ3v) is 4.25. The van der Waals surface area contributed by atoms with Crippen LogP contribution in [0.15, 0.2) is 24.4 Å². The molecule has 4 heterocycles. The molecule has 0 unspecified atom stereocenters. The van der Waals surface area contributed by atoms with Crippen LogP contribution in [0.4, 0.5) is 22.1 Å². The molecule has 0 aliphatic carbocycles. The van der Waals surface area contributed by atoms with E-state index in [0.717, 1.165) is 0 Å². The highest BCUT2D eigenvalue weighted by atomic mass is 19.1. The van der Waals surface area contributed by atoms with Crippen molar-refractivity contribution < 1.29 is 19.1 Å². The number of hydrogen-bond acceptors (Lipinski definition) is 7. The molecule has 140 valence electrons. The van der Waals surface area contributed by atoms with E-state index in [1.165, 1.54) is 11.0 Å². The van der Waals surface area contributed by atoms with Crippen LogP contribution in [0.2, 0.25) is 0 Å². The summed E-state index contributed by atoms with van der Waals surface area (Å²) in [5.74, 6) is -1.17. The van der Waals surface area contributed by atoms with Gasteiger partial charge in [0.15, 0.2) is 5.82 Å². The van der Waals surface area contributed by atoms with Gasteiger partial charge in [-0.3, -0.25) is 14.3 Å². The number of aromatic amines is 1. The van der Waals surface area contributed by atoms with Crippen molar-refractivity contribution in [2.75, 3.05) is 16.8 Å². The summed E-state index contributed by atoms with van der Waals surface area (Å²) < 4.78 is 15.4. The lowest BCUT2D eigenvalue weighted by Gasteiger charge is -2.21. The summed E-state index contributed by atoms with van der Waals surface area (Å²) in [7, 11) is 0. The molecule has 0 aromatic carbocycles. The number of halogens is 1. The van der Waals surface area contributed by atoms with E-state index in [9.17, 15) is 19.1 Å². The molecular weight excluding hydrogens is 359 g/mol. The van der Waals surface area contributed by atoms with Crippen LogP contribution >= 0.6 is 0 Å². The first kappa shape index (κ1) is 16.8. The Hall–Kier alpha value is -3.70. The molecule has 1 aliphatic rings. The molecule has 0 radical (unpaired) electrons. The number of alkyl halides is 1. The molecule has 3 aromatic heterocycles. The number of carboxylic acid groups (broad SMARTS) is 1. The van der Waals surface area contributed by atoms with Crippen LogP contribution in [0.1, 0.15) is 16.9 Å². The minimum absolute atomic E-state index is 0.0851. The summed E-state index contributed by atoms with van der Waals surface area (Å²) in [6.07, 6.45) is 0.285. The minimum Gasteiger partial charge on any atom is -0.480 e. The normalized spacial score (nSPS) is 19.5. The number of aromatic nitrogens is 5. The van der Waals surface area contributed by atoms with Gasteiger partial charge in [-0.15, -0.1) is 0 Å². The van der Waals surface area contributed by atoms with Crippen molar-refractivity contribution in [3.05, 3.63) is 30.1 Å². The lowest BCUT2D eigenvalue weighted by atomic mass is 10.2. The van der Waals surface area contributed by atoms with Crippen LogP contribution in [0, 0.1) is 0 Å². The summed E-state index contributed by atoms with van der Waals surface area (Å²) >= 11 is 0. The Morgan fingerprint density at radius 2 is 2.22 bits per heavy atom. The van der Waals surface area contributed by atoms with Crippen molar-refractivity contribution in [1.29, 1.82) is 0 Å². The van der Waals surface area contributed by atoms with E-state index in [-0.39, 0.29) is 36.4 Å². The number of carbonyl (C=O) groups excluding carboxylic acids is 1. The maximum absolute atomic E-state index is 13.8. The predicted octanol–water partition coefficient (Wildman–Crippen LogP) is 0.296. The van der Waals surface area contributed by atoms with E-state index in [1.807, 2.05) is 0 Å². The van der Waals surface area contributed by atoms with Crippen LogP contribution in [-0.4, -0.2) is 60.3 Å². The Labute approximate surface area is 151 Å². The van der Waals surface area contributed by atoms with E-state index in [2.05, 4.69) is 25.5 Å². The monoisotopic (exact) mass is 374 g/mol. The van der Waals surface area contributed by atoms with Gasteiger partial charge in [-0.1, -0.05) is 0 Å². The zero-order valence-corrected chi connectivity index (χ0v) is 13.8. The van der Waals surface area contributed by atoms with Crippen LogP contribution in [-0.2, 0) is 4.79 Å². The largest absolute Gasteiger partial charge is 0.480 e. The molecule has 3 aromatic rings. The first-order chi connectivity index (χ1) is 12.9. The fourth-order valence-corrected chi connectivity index (χ4v) is 3.00. The summed E-state index contributed by atoms with van der Waals surface area (Å²) in [6.45, 7) is -0.110. The van der Waals surface area contributed by atoms with E-state index < -0.39 is 24.1 Å². The molecule has 4 rings (SSSR count). The molecule has 1 amide bonds. The first-order valence-electron chi connectivity index (χ1n) is 8.03. The molecule has 2 atom stereocenters. The highest BCUT2D eigenvalue weighted by Gasteiger charge is 2.39. The van der Waals surface area contributed by atoms with Gasteiger partial charge in [-0.05, 0) is 12.1 Å². The van der Waals surface area contributed by atoms with Gasteiger partial charge in [0.2, 0.25) is 11.9 Å². The molecular formula is C15H15FN8O3. The number of hydrogen-bond donors (Lipinski definition) is 4. The Morgan fingerprint density at radius 1 is 1.41 bits per heavy atom. The first-order valence-corrected chi connectivity index (χ1v) is 8.03. The van der Waals surface area contributed by atoms with Crippen molar-refractivity contribution in [2.45, 2.75) is 18.6 Å². The van der Waals surface area contributed by atoms with Crippen molar-refractivity contribution >= 4 is 35.2 Å². The van der Waals surface area contributed by atoms with Gasteiger partial charge in [0.05, 0.1) is 6.54 Å². The maximum Gasteiger partial charge on any atom is 0.326 e. The van der Waals surface area contributed by atoms with Crippen molar-refractivity contribution in [3.8, 4) is 0 Å². The highest BCUT2D eigenvalue weighted by Crippen LogP contribution is 2.27. The third kappa shape index (κ3) is 3.01. The Morgan fingerprint density at radius 3 is 2.93 bits per heavy atom. The number of nitrogens with one attached hydrogen (secondary N) is 2. The average molecular weight is 374 g/mol. The van der Waals surface area contributed by atoms with Gasteiger partial charge >= 0.3 is 5.97 Å². The van der Waals surface area contributed by atoms with E-state index >= 15 is 0 Å². The summed E-state index contributed by atoms with van der Waals surface area (Å²) in [5.41, 5.74) is 5.79. The van der Waals surface area contributed by atoms with Gasteiger partial charge < -0.3 is 21.1 Å². The molecule has 12 heteroatoms. The predicted molar refractivity (Wildman–Crippen MR) is 91.7 cm³/mol. The van der Waals surface area contributed by atoms with Crippen LogP contribution in [0.3, 0.4) is 0 Å². The minimum atomic E-state index is -1.28. The number of amides is 1. The van der Waals surface area contributed by atoms with Gasteiger partial charge in [0.1, 0.15) is 23.6 Å². The van der Waals surface area contributed by atoms with Crippen molar-refractivity contribution in [1.82, 2.24) is 24.6 Å². The molecule has 0 saturated carbocycles. The summed E-state index contributed by atoms with van der Waals surface area (Å²) in [5, 5.41) is 18.7. The van der Waals surface area contributed by atoms with E-state index in [1.54, 1.807) is 22.7 Å². The quantitative estimate of drug-likeness (QED) is 0.497. The number of aliphatic carboxylic acids is 1. The molecule has 1 fully saturated rings. The second-order valence-corrected chi connectivity index (χ2v) is 6.08. The highest BCUT2D eigenvalue weighted by molar-refractivity contribution is 5.91. The lowest BCUT2D eigenvalue weighted by molar-refractivity contribution is -0.138. The smallest absolute Gasteiger partial charge is 0.326 e. The number of carboxylic acids is 1. The number of fused-ring (bicyclic) bond motifs is 1. The van der Waals surface area contributed by atoms with Crippen molar-refractivity contribution in [2.24, 2.45) is 5.73 Å². The van der Waals surface area contributed by atoms with E-state index in [4.69, 9.17) is 5.73 Å². The lowest BCUT2D eigenvalue weighted by Crippen LogP contribution is -2.37. The Balaban J connectivity index is 1.73. The van der Waals surface area contributed by atoms with Crippen LogP contribution < -0.4 is 16.0 Å². The fourth-order valence-electron chi connectivity index (χ4n) is 3.00. The number of nitrogens with two attached hydrogens (primary N) is 1. The van der Waals surface area contributed by atoms with Crippen LogP contribution in [0.25, 0.3) is 5.65 Å². The third-order valence-electron chi connectivity index (χ3n) is 4.25. The van der Waals surface area contributed by atoms with Crippen LogP contribution in [0.5, 0.6) is 0 Å². The number of rotatable bonds is 5. The number of nitrogens with zero attached hydrogens (tertiary/aromatic N) is 5. The Kier molecular flexibility index (Phi) is 3.86. The number of anilines is 3. The Bertz CT molecular complexity index is 1030. The van der Waals surface area contributed by atoms with Gasteiger partial charge in [0.25, 0.3) is 5.91 Å². The molecule has 0 spiro atoms.